The summed E-state index contributed by atoms with van der Waals surface area (Å²) in [6.07, 6.45) is 1.74. The topological polar surface area (TPSA) is 41.6 Å². The normalized spacial score (nSPS) is 12.2. The third-order valence-corrected chi connectivity index (χ3v) is 4.55. The van der Waals surface area contributed by atoms with Crippen LogP contribution in [-0.4, -0.2) is 24.6 Å². The van der Waals surface area contributed by atoms with Crippen molar-refractivity contribution in [1.29, 1.82) is 0 Å². The van der Waals surface area contributed by atoms with Gasteiger partial charge in [0.2, 0.25) is 0 Å². The van der Waals surface area contributed by atoms with Gasteiger partial charge in [0, 0.05) is 6.54 Å². The molecular formula is C22H28N2O2. The molecule has 2 aromatic rings. The standard InChI is InChI=1S/C22H28N2O2/c1-6-15-24(17(2)18-11-10-14-20(16-18)26-5)21(25)23-22(3,4)19-12-8-7-9-13-19/h6-14,16-17H,1,15H2,2-5H3,(H,23,25). The first kappa shape index (κ1) is 19.6. The average molecular weight is 352 g/mol. The number of rotatable bonds is 7. The number of carbonyl (C=O) groups excluding carboxylic acids is 1. The van der Waals surface area contributed by atoms with Crippen molar-refractivity contribution >= 4 is 6.03 Å². The summed E-state index contributed by atoms with van der Waals surface area (Å²) < 4.78 is 5.30. The van der Waals surface area contributed by atoms with Crippen molar-refractivity contribution in [2.45, 2.75) is 32.4 Å². The third kappa shape index (κ3) is 4.66. The van der Waals surface area contributed by atoms with Gasteiger partial charge in [0.1, 0.15) is 5.75 Å². The van der Waals surface area contributed by atoms with Gasteiger partial charge in [0.05, 0.1) is 18.7 Å². The highest BCUT2D eigenvalue weighted by atomic mass is 16.5. The SMILES string of the molecule is C=CCN(C(=O)NC(C)(C)c1ccccc1)C(C)c1cccc(OC)c1. The smallest absolute Gasteiger partial charge is 0.318 e. The molecule has 4 heteroatoms. The molecule has 26 heavy (non-hydrogen) atoms. The van der Waals surface area contributed by atoms with Gasteiger partial charge < -0.3 is 15.0 Å². The number of carbonyl (C=O) groups is 1. The largest absolute Gasteiger partial charge is 0.497 e. The molecule has 0 fully saturated rings. The molecule has 138 valence electrons. The molecule has 2 rings (SSSR count). The van der Waals surface area contributed by atoms with Gasteiger partial charge >= 0.3 is 6.03 Å². The summed E-state index contributed by atoms with van der Waals surface area (Å²) in [5.74, 6) is 0.776. The molecule has 0 radical (unpaired) electrons. The van der Waals surface area contributed by atoms with Crippen molar-refractivity contribution in [3.05, 3.63) is 78.4 Å². The van der Waals surface area contributed by atoms with Gasteiger partial charge in [-0.05, 0) is 44.0 Å². The van der Waals surface area contributed by atoms with Gasteiger partial charge in [-0.2, -0.15) is 0 Å². The lowest BCUT2D eigenvalue weighted by Gasteiger charge is -2.34. The second-order valence-corrected chi connectivity index (χ2v) is 6.81. The van der Waals surface area contributed by atoms with Crippen LogP contribution in [0, 0.1) is 0 Å². The molecule has 1 unspecified atom stereocenters. The van der Waals surface area contributed by atoms with Crippen LogP contribution in [0.25, 0.3) is 0 Å². The van der Waals surface area contributed by atoms with Crippen molar-refractivity contribution in [2.24, 2.45) is 0 Å². The van der Waals surface area contributed by atoms with Gasteiger partial charge in [0.15, 0.2) is 0 Å². The van der Waals surface area contributed by atoms with E-state index in [9.17, 15) is 4.79 Å². The fraction of sp³-hybridized carbons (Fsp3) is 0.318. The molecule has 0 aliphatic carbocycles. The highest BCUT2D eigenvalue weighted by Gasteiger charge is 2.28. The van der Waals surface area contributed by atoms with Crippen molar-refractivity contribution in [1.82, 2.24) is 10.2 Å². The zero-order chi connectivity index (χ0) is 19.2. The van der Waals surface area contributed by atoms with E-state index in [2.05, 4.69) is 11.9 Å². The molecule has 2 amide bonds. The molecule has 4 nitrogen and oxygen atoms in total. The molecular weight excluding hydrogens is 324 g/mol. The van der Waals surface area contributed by atoms with Gasteiger partial charge in [-0.15, -0.1) is 6.58 Å². The fourth-order valence-corrected chi connectivity index (χ4v) is 2.90. The van der Waals surface area contributed by atoms with Gasteiger partial charge in [-0.1, -0.05) is 48.5 Å². The molecule has 1 atom stereocenters. The zero-order valence-corrected chi connectivity index (χ0v) is 16.0. The van der Waals surface area contributed by atoms with E-state index in [1.54, 1.807) is 18.1 Å². The van der Waals surface area contributed by atoms with Crippen molar-refractivity contribution in [3.8, 4) is 5.75 Å². The molecule has 0 aromatic heterocycles. The number of hydrogen-bond acceptors (Lipinski definition) is 2. The number of nitrogens with zero attached hydrogens (tertiary/aromatic N) is 1. The number of urea groups is 1. The van der Waals surface area contributed by atoms with Crippen molar-refractivity contribution in [3.63, 3.8) is 0 Å². The third-order valence-electron chi connectivity index (χ3n) is 4.55. The van der Waals surface area contributed by atoms with Crippen molar-refractivity contribution < 1.29 is 9.53 Å². The lowest BCUT2D eigenvalue weighted by Crippen LogP contribution is -2.49. The second-order valence-electron chi connectivity index (χ2n) is 6.81. The Hall–Kier alpha value is -2.75. The summed E-state index contributed by atoms with van der Waals surface area (Å²) in [6.45, 7) is 10.3. The quantitative estimate of drug-likeness (QED) is 0.721. The number of hydrogen-bond donors (Lipinski definition) is 1. The zero-order valence-electron chi connectivity index (χ0n) is 16.0. The summed E-state index contributed by atoms with van der Waals surface area (Å²) in [5, 5.41) is 3.14. The second kappa shape index (κ2) is 8.56. The molecule has 1 N–H and O–H groups in total. The molecule has 0 bridgehead atoms. The van der Waals surface area contributed by atoms with E-state index >= 15 is 0 Å². The molecule has 0 aliphatic heterocycles. The molecule has 0 saturated heterocycles. The van der Waals surface area contributed by atoms with Crippen LogP contribution in [0.4, 0.5) is 4.79 Å². The number of nitrogens with one attached hydrogen (secondary N) is 1. The van der Waals surface area contributed by atoms with Crippen LogP contribution >= 0.6 is 0 Å². The Bertz CT molecular complexity index is 741. The van der Waals surface area contributed by atoms with E-state index in [1.165, 1.54) is 0 Å². The summed E-state index contributed by atoms with van der Waals surface area (Å²) >= 11 is 0. The number of benzene rings is 2. The van der Waals surface area contributed by atoms with Crippen LogP contribution in [0.3, 0.4) is 0 Å². The summed E-state index contributed by atoms with van der Waals surface area (Å²) in [6, 6.07) is 17.5. The van der Waals surface area contributed by atoms with E-state index in [0.29, 0.717) is 6.54 Å². The van der Waals surface area contributed by atoms with E-state index < -0.39 is 5.54 Å². The molecule has 0 spiro atoms. The minimum Gasteiger partial charge on any atom is -0.497 e. The maximum atomic E-state index is 13.0. The monoisotopic (exact) mass is 352 g/mol. The summed E-state index contributed by atoms with van der Waals surface area (Å²) in [4.78, 5) is 14.8. The number of ether oxygens (including phenoxy) is 1. The highest BCUT2D eigenvalue weighted by Crippen LogP contribution is 2.26. The van der Waals surface area contributed by atoms with Crippen LogP contribution in [0.5, 0.6) is 5.75 Å². The first-order chi connectivity index (χ1) is 12.4. The van der Waals surface area contributed by atoms with Crippen LogP contribution in [-0.2, 0) is 5.54 Å². The van der Waals surface area contributed by atoms with Crippen molar-refractivity contribution in [2.75, 3.05) is 13.7 Å². The van der Waals surface area contributed by atoms with E-state index in [-0.39, 0.29) is 12.1 Å². The van der Waals surface area contributed by atoms with Crippen LogP contribution in [0.1, 0.15) is 37.9 Å². The van der Waals surface area contributed by atoms with Gasteiger partial charge in [-0.3, -0.25) is 0 Å². The predicted octanol–water partition coefficient (Wildman–Crippen LogP) is 4.89. The summed E-state index contributed by atoms with van der Waals surface area (Å²) in [5.41, 5.74) is 1.59. The predicted molar refractivity (Wildman–Crippen MR) is 106 cm³/mol. The van der Waals surface area contributed by atoms with E-state index in [4.69, 9.17) is 4.74 Å². The Kier molecular flexibility index (Phi) is 6.45. The maximum Gasteiger partial charge on any atom is 0.318 e. The van der Waals surface area contributed by atoms with Crippen LogP contribution in [0.15, 0.2) is 67.3 Å². The highest BCUT2D eigenvalue weighted by molar-refractivity contribution is 5.76. The summed E-state index contributed by atoms with van der Waals surface area (Å²) in [7, 11) is 1.64. The van der Waals surface area contributed by atoms with Gasteiger partial charge in [0.25, 0.3) is 0 Å². The minimum atomic E-state index is -0.480. The lowest BCUT2D eigenvalue weighted by molar-refractivity contribution is 0.176. The Balaban J connectivity index is 2.22. The average Bonchev–Trinajstić information content (AvgIpc) is 2.66. The fourth-order valence-electron chi connectivity index (χ4n) is 2.90. The Labute approximate surface area is 156 Å². The number of amides is 2. The molecule has 0 heterocycles. The Morgan fingerprint density at radius 1 is 1.23 bits per heavy atom. The molecule has 2 aromatic carbocycles. The maximum absolute atomic E-state index is 13.0. The van der Waals surface area contributed by atoms with Gasteiger partial charge in [-0.25, -0.2) is 4.79 Å². The lowest BCUT2D eigenvalue weighted by atomic mass is 9.94. The number of methoxy groups -OCH3 is 1. The van der Waals surface area contributed by atoms with Crippen LogP contribution in [0.2, 0.25) is 0 Å². The minimum absolute atomic E-state index is 0.116. The first-order valence-corrected chi connectivity index (χ1v) is 8.78. The first-order valence-electron chi connectivity index (χ1n) is 8.78. The Morgan fingerprint density at radius 2 is 1.92 bits per heavy atom. The molecule has 0 saturated carbocycles. The van der Waals surface area contributed by atoms with E-state index in [0.717, 1.165) is 16.9 Å². The molecule has 0 aliphatic rings. The van der Waals surface area contributed by atoms with Crippen LogP contribution < -0.4 is 10.1 Å². The Morgan fingerprint density at radius 3 is 2.54 bits per heavy atom. The van der Waals surface area contributed by atoms with E-state index in [1.807, 2.05) is 75.4 Å².